The molecule has 0 spiro atoms. The minimum absolute atomic E-state index is 1.14. The normalized spacial score (nSPS) is 11.7. The summed E-state index contributed by atoms with van der Waals surface area (Å²) in [6, 6.07) is 66.1. The highest BCUT2D eigenvalue weighted by Crippen LogP contribution is 2.47. The topological polar surface area (TPSA) is 8.17 Å². The Morgan fingerprint density at radius 1 is 0.408 bits per heavy atom. The largest absolute Gasteiger partial charge is 0.309 e. The van der Waals surface area contributed by atoms with Crippen LogP contribution >= 0.6 is 11.3 Å². The number of aromatic nitrogens is 1. The third-order valence-corrected chi connectivity index (χ3v) is 11.0. The Kier molecular flexibility index (Phi) is 6.39. The lowest BCUT2D eigenvalue weighted by Gasteiger charge is -2.28. The Morgan fingerprint density at radius 3 is 1.90 bits per heavy atom. The number of hydrogen-bond acceptors (Lipinski definition) is 2. The van der Waals surface area contributed by atoms with Gasteiger partial charge in [-0.15, -0.1) is 11.3 Å². The van der Waals surface area contributed by atoms with Crippen molar-refractivity contribution in [2.75, 3.05) is 4.90 Å². The third kappa shape index (κ3) is 4.40. The Labute approximate surface area is 288 Å². The molecule has 10 rings (SSSR count). The van der Waals surface area contributed by atoms with Gasteiger partial charge in [0.05, 0.1) is 27.1 Å². The van der Waals surface area contributed by atoms with Gasteiger partial charge in [-0.1, -0.05) is 121 Å². The Morgan fingerprint density at radius 2 is 1.06 bits per heavy atom. The van der Waals surface area contributed by atoms with Crippen molar-refractivity contribution in [2.24, 2.45) is 0 Å². The van der Waals surface area contributed by atoms with E-state index in [9.17, 15) is 0 Å². The monoisotopic (exact) mass is 642 g/mol. The molecule has 0 N–H and O–H groups in total. The van der Waals surface area contributed by atoms with E-state index >= 15 is 0 Å². The number of para-hydroxylation sites is 3. The van der Waals surface area contributed by atoms with Crippen molar-refractivity contribution in [3.8, 4) is 16.8 Å². The number of nitrogens with zero attached hydrogens (tertiary/aromatic N) is 2. The molecule has 0 bridgehead atoms. The molecule has 0 atom stereocenters. The van der Waals surface area contributed by atoms with Crippen molar-refractivity contribution in [2.45, 2.75) is 0 Å². The maximum absolute atomic E-state index is 2.44. The SMILES string of the molecule is c1ccc(N(c2ccc(-c3ccc4c(c3)c3ccccc3n4-c3ccccc3)c3ccccc23)c2cccc3c2sc2ccccc23)cc1. The molecule has 0 amide bonds. The number of anilines is 3. The standard InChI is InChI=1S/C46H30N2S/c1-3-14-32(15-4-1)47-41-23-11-9-20-37(41)40-30-31(26-28-43(40)47)34-27-29-42(36-19-8-7-18-35(34)36)48(33-16-5-2-6-17-33)44-24-13-22-39-38-21-10-12-25-45(38)49-46(39)44/h1-30H. The molecule has 8 aromatic carbocycles. The van der Waals surface area contributed by atoms with E-state index < -0.39 is 0 Å². The lowest BCUT2D eigenvalue weighted by atomic mass is 9.95. The van der Waals surface area contributed by atoms with Gasteiger partial charge in [-0.2, -0.15) is 0 Å². The summed E-state index contributed by atoms with van der Waals surface area (Å²) in [5, 5.41) is 7.57. The molecular weight excluding hydrogens is 613 g/mol. The van der Waals surface area contributed by atoms with E-state index in [1.165, 1.54) is 75.3 Å². The fraction of sp³-hybridized carbons (Fsp3) is 0. The van der Waals surface area contributed by atoms with Crippen LogP contribution in [0.15, 0.2) is 182 Å². The number of rotatable bonds is 5. The second-order valence-corrected chi connectivity index (χ2v) is 13.6. The lowest BCUT2D eigenvalue weighted by Crippen LogP contribution is -2.10. The van der Waals surface area contributed by atoms with Crippen LogP contribution in [-0.4, -0.2) is 4.57 Å². The first kappa shape index (κ1) is 27.9. The van der Waals surface area contributed by atoms with Crippen molar-refractivity contribution in [3.05, 3.63) is 182 Å². The van der Waals surface area contributed by atoms with Gasteiger partial charge in [-0.05, 0) is 77.2 Å². The molecule has 2 heterocycles. The summed E-state index contributed by atoms with van der Waals surface area (Å²) in [6.07, 6.45) is 0. The predicted molar refractivity (Wildman–Crippen MR) is 211 cm³/mol. The van der Waals surface area contributed by atoms with Gasteiger partial charge in [0.25, 0.3) is 0 Å². The van der Waals surface area contributed by atoms with Crippen LogP contribution in [0.4, 0.5) is 17.1 Å². The molecule has 0 saturated carbocycles. The van der Waals surface area contributed by atoms with Crippen LogP contribution in [0.1, 0.15) is 0 Å². The first-order chi connectivity index (χ1) is 24.3. The molecule has 2 aromatic heterocycles. The molecule has 10 aromatic rings. The molecule has 0 aliphatic heterocycles. The second-order valence-electron chi connectivity index (χ2n) is 12.5. The molecular formula is C46H30N2S. The molecule has 2 nitrogen and oxygen atoms in total. The van der Waals surface area contributed by atoms with Gasteiger partial charge in [-0.25, -0.2) is 0 Å². The van der Waals surface area contributed by atoms with Crippen LogP contribution in [0.5, 0.6) is 0 Å². The quantitative estimate of drug-likeness (QED) is 0.181. The Balaban J connectivity index is 1.20. The van der Waals surface area contributed by atoms with Crippen molar-refractivity contribution in [3.63, 3.8) is 0 Å². The van der Waals surface area contributed by atoms with Crippen molar-refractivity contribution in [1.29, 1.82) is 0 Å². The fourth-order valence-electron chi connectivity index (χ4n) is 7.62. The molecule has 0 radical (unpaired) electrons. The fourth-order valence-corrected chi connectivity index (χ4v) is 8.83. The maximum Gasteiger partial charge on any atom is 0.0640 e. The van der Waals surface area contributed by atoms with Crippen LogP contribution in [0, 0.1) is 0 Å². The van der Waals surface area contributed by atoms with Gasteiger partial charge < -0.3 is 9.47 Å². The zero-order valence-electron chi connectivity index (χ0n) is 26.6. The van der Waals surface area contributed by atoms with E-state index in [0.29, 0.717) is 0 Å². The van der Waals surface area contributed by atoms with E-state index in [-0.39, 0.29) is 0 Å². The minimum atomic E-state index is 1.14. The molecule has 230 valence electrons. The summed E-state index contributed by atoms with van der Waals surface area (Å²) in [5.74, 6) is 0. The molecule has 0 saturated heterocycles. The van der Waals surface area contributed by atoms with E-state index in [0.717, 1.165) is 11.4 Å². The highest BCUT2D eigenvalue weighted by molar-refractivity contribution is 7.26. The number of fused-ring (bicyclic) bond motifs is 7. The van der Waals surface area contributed by atoms with Gasteiger partial charge in [0.15, 0.2) is 0 Å². The highest BCUT2D eigenvalue weighted by Gasteiger charge is 2.21. The van der Waals surface area contributed by atoms with Crippen molar-refractivity contribution < 1.29 is 0 Å². The van der Waals surface area contributed by atoms with Crippen LogP contribution in [0.3, 0.4) is 0 Å². The van der Waals surface area contributed by atoms with Gasteiger partial charge in [0, 0.05) is 43.0 Å². The van der Waals surface area contributed by atoms with Gasteiger partial charge >= 0.3 is 0 Å². The highest BCUT2D eigenvalue weighted by atomic mass is 32.1. The molecule has 49 heavy (non-hydrogen) atoms. The van der Waals surface area contributed by atoms with E-state index in [4.69, 9.17) is 0 Å². The summed E-state index contributed by atoms with van der Waals surface area (Å²) >= 11 is 1.87. The average molecular weight is 643 g/mol. The zero-order chi connectivity index (χ0) is 32.3. The summed E-state index contributed by atoms with van der Waals surface area (Å²) in [7, 11) is 0. The summed E-state index contributed by atoms with van der Waals surface area (Å²) in [4.78, 5) is 2.44. The zero-order valence-corrected chi connectivity index (χ0v) is 27.4. The molecule has 0 aliphatic rings. The van der Waals surface area contributed by atoms with Crippen LogP contribution < -0.4 is 4.90 Å². The summed E-state index contributed by atoms with van der Waals surface area (Å²) in [5.41, 5.74) is 9.54. The van der Waals surface area contributed by atoms with Gasteiger partial charge in [0.1, 0.15) is 0 Å². The minimum Gasteiger partial charge on any atom is -0.309 e. The van der Waals surface area contributed by atoms with E-state index in [1.807, 2.05) is 11.3 Å². The summed E-state index contributed by atoms with van der Waals surface area (Å²) < 4.78 is 4.98. The first-order valence-corrected chi connectivity index (χ1v) is 17.5. The smallest absolute Gasteiger partial charge is 0.0640 e. The number of thiophene rings is 1. The maximum atomic E-state index is 2.44. The van der Waals surface area contributed by atoms with Crippen LogP contribution in [0.2, 0.25) is 0 Å². The lowest BCUT2D eigenvalue weighted by molar-refractivity contribution is 1.18. The first-order valence-electron chi connectivity index (χ1n) is 16.7. The van der Waals surface area contributed by atoms with Crippen LogP contribution in [-0.2, 0) is 0 Å². The predicted octanol–water partition coefficient (Wildman–Crippen LogP) is 13.4. The van der Waals surface area contributed by atoms with E-state index in [1.54, 1.807) is 0 Å². The van der Waals surface area contributed by atoms with Gasteiger partial charge in [-0.3, -0.25) is 0 Å². The Hall–Kier alpha value is -6.16. The van der Waals surface area contributed by atoms with Gasteiger partial charge in [0.2, 0.25) is 0 Å². The molecule has 0 aliphatic carbocycles. The van der Waals surface area contributed by atoms with Crippen molar-refractivity contribution in [1.82, 2.24) is 4.57 Å². The second kappa shape index (κ2) is 11.2. The molecule has 0 fully saturated rings. The van der Waals surface area contributed by atoms with Crippen molar-refractivity contribution >= 4 is 81.1 Å². The summed E-state index contributed by atoms with van der Waals surface area (Å²) in [6.45, 7) is 0. The average Bonchev–Trinajstić information content (AvgIpc) is 3.72. The van der Waals surface area contributed by atoms with E-state index in [2.05, 4.69) is 191 Å². The molecule has 0 unspecified atom stereocenters. The molecule has 3 heteroatoms. The third-order valence-electron chi connectivity index (χ3n) is 9.78. The number of hydrogen-bond donors (Lipinski definition) is 0. The number of benzene rings is 8. The Bertz CT molecular complexity index is 2830. The van der Waals surface area contributed by atoms with Crippen LogP contribution in [0.25, 0.3) is 69.6 Å².